The van der Waals surface area contributed by atoms with Crippen molar-refractivity contribution in [2.24, 2.45) is 0 Å². The molecule has 2 aromatic rings. The van der Waals surface area contributed by atoms with Gasteiger partial charge in [0.1, 0.15) is 5.75 Å². The van der Waals surface area contributed by atoms with Crippen molar-refractivity contribution in [1.29, 1.82) is 0 Å². The summed E-state index contributed by atoms with van der Waals surface area (Å²) >= 11 is 6.02. The number of hydrogen-bond donors (Lipinski definition) is 1. The number of rotatable bonds is 5. The summed E-state index contributed by atoms with van der Waals surface area (Å²) in [7, 11) is 1.57. The van der Waals surface area contributed by atoms with Crippen LogP contribution in [0.5, 0.6) is 5.75 Å². The van der Waals surface area contributed by atoms with Crippen LogP contribution >= 0.6 is 11.6 Å². The van der Waals surface area contributed by atoms with Crippen LogP contribution in [-0.4, -0.2) is 55.7 Å². The molecule has 0 bridgehead atoms. The van der Waals surface area contributed by atoms with Crippen LogP contribution in [0, 0.1) is 0 Å². The van der Waals surface area contributed by atoms with Crippen molar-refractivity contribution in [3.63, 3.8) is 0 Å². The first-order valence-electron chi connectivity index (χ1n) is 8.99. The summed E-state index contributed by atoms with van der Waals surface area (Å²) in [6, 6.07) is 15.3. The molecule has 27 heavy (non-hydrogen) atoms. The fraction of sp³-hybridized carbons (Fsp3) is 0.286. The van der Waals surface area contributed by atoms with Crippen molar-refractivity contribution in [2.45, 2.75) is 0 Å². The van der Waals surface area contributed by atoms with E-state index in [0.717, 1.165) is 19.6 Å². The molecule has 0 aliphatic carbocycles. The monoisotopic (exact) mass is 385 g/mol. The fourth-order valence-corrected chi connectivity index (χ4v) is 3.18. The normalized spacial score (nSPS) is 15.1. The van der Waals surface area contributed by atoms with Gasteiger partial charge in [-0.2, -0.15) is 0 Å². The van der Waals surface area contributed by atoms with E-state index in [0.29, 0.717) is 29.5 Å². The first-order valence-corrected chi connectivity index (χ1v) is 9.37. The Bertz CT molecular complexity index is 787. The highest BCUT2D eigenvalue weighted by Crippen LogP contribution is 2.28. The van der Waals surface area contributed by atoms with Crippen molar-refractivity contribution < 1.29 is 9.53 Å². The smallest absolute Gasteiger partial charge is 0.322 e. The first-order chi connectivity index (χ1) is 13.2. The molecule has 1 fully saturated rings. The van der Waals surface area contributed by atoms with Gasteiger partial charge in [-0.25, -0.2) is 4.79 Å². The number of carbonyl (C=O) groups is 1. The number of hydrogen-bond acceptors (Lipinski definition) is 3. The van der Waals surface area contributed by atoms with Gasteiger partial charge in [-0.15, -0.1) is 0 Å². The minimum Gasteiger partial charge on any atom is -0.495 e. The van der Waals surface area contributed by atoms with E-state index >= 15 is 0 Å². The van der Waals surface area contributed by atoms with Gasteiger partial charge in [-0.3, -0.25) is 4.90 Å². The third kappa shape index (κ3) is 5.49. The molecule has 1 saturated heterocycles. The lowest BCUT2D eigenvalue weighted by Crippen LogP contribution is -2.49. The van der Waals surface area contributed by atoms with E-state index in [2.05, 4.69) is 34.5 Å². The molecule has 1 aliphatic heterocycles. The van der Waals surface area contributed by atoms with Crippen LogP contribution in [0.25, 0.3) is 6.08 Å². The number of anilines is 1. The number of ether oxygens (including phenoxy) is 1. The van der Waals surface area contributed by atoms with Crippen molar-refractivity contribution in [3.8, 4) is 5.75 Å². The van der Waals surface area contributed by atoms with Crippen LogP contribution in [0.15, 0.2) is 54.6 Å². The minimum absolute atomic E-state index is 0.130. The Balaban J connectivity index is 1.48. The number of nitrogens with one attached hydrogen (secondary N) is 1. The topological polar surface area (TPSA) is 44.8 Å². The highest BCUT2D eigenvalue weighted by atomic mass is 35.5. The standard InChI is InChI=1S/C21H24ClN3O2/c1-27-20-10-9-18(22)16-19(20)23-21(26)25-14-12-24(13-15-25)11-5-8-17-6-3-2-4-7-17/h2-10,16H,11-15H2,1H3,(H,23,26). The molecular weight excluding hydrogens is 362 g/mol. The van der Waals surface area contributed by atoms with Crippen LogP contribution in [0.3, 0.4) is 0 Å². The Morgan fingerprint density at radius 3 is 2.59 bits per heavy atom. The summed E-state index contributed by atoms with van der Waals surface area (Å²) < 4.78 is 5.28. The van der Waals surface area contributed by atoms with Gasteiger partial charge in [0.25, 0.3) is 0 Å². The number of urea groups is 1. The van der Waals surface area contributed by atoms with Gasteiger partial charge in [0.2, 0.25) is 0 Å². The molecule has 6 heteroatoms. The number of nitrogens with zero attached hydrogens (tertiary/aromatic N) is 2. The summed E-state index contributed by atoms with van der Waals surface area (Å²) in [4.78, 5) is 16.7. The number of amides is 2. The maximum Gasteiger partial charge on any atom is 0.322 e. The Morgan fingerprint density at radius 1 is 1.15 bits per heavy atom. The van der Waals surface area contributed by atoms with E-state index < -0.39 is 0 Å². The Kier molecular flexibility index (Phi) is 6.74. The van der Waals surface area contributed by atoms with E-state index in [4.69, 9.17) is 16.3 Å². The molecule has 5 nitrogen and oxygen atoms in total. The molecule has 0 aromatic heterocycles. The van der Waals surface area contributed by atoms with Crippen molar-refractivity contribution in [2.75, 3.05) is 45.2 Å². The number of benzene rings is 2. The van der Waals surface area contributed by atoms with Gasteiger partial charge in [-0.1, -0.05) is 54.1 Å². The lowest BCUT2D eigenvalue weighted by Gasteiger charge is -2.34. The summed E-state index contributed by atoms with van der Waals surface area (Å²) in [6.07, 6.45) is 4.30. The second-order valence-electron chi connectivity index (χ2n) is 6.38. The highest BCUT2D eigenvalue weighted by Gasteiger charge is 2.21. The molecular formula is C21H24ClN3O2. The molecule has 1 N–H and O–H groups in total. The molecule has 1 aliphatic rings. The van der Waals surface area contributed by atoms with Gasteiger partial charge in [0, 0.05) is 37.7 Å². The van der Waals surface area contributed by atoms with Crippen molar-refractivity contribution >= 4 is 29.4 Å². The average molecular weight is 386 g/mol. The van der Waals surface area contributed by atoms with Gasteiger partial charge in [-0.05, 0) is 23.8 Å². The predicted octanol–water partition coefficient (Wildman–Crippen LogP) is 4.21. The number of methoxy groups -OCH3 is 1. The molecule has 2 aromatic carbocycles. The molecule has 0 saturated carbocycles. The quantitative estimate of drug-likeness (QED) is 0.838. The van der Waals surface area contributed by atoms with Crippen LogP contribution in [-0.2, 0) is 0 Å². The zero-order chi connectivity index (χ0) is 19.1. The van der Waals surface area contributed by atoms with Gasteiger partial charge >= 0.3 is 6.03 Å². The molecule has 0 radical (unpaired) electrons. The number of carbonyl (C=O) groups excluding carboxylic acids is 1. The maximum atomic E-state index is 12.5. The third-order valence-corrected chi connectivity index (χ3v) is 4.77. The molecule has 0 atom stereocenters. The van der Waals surface area contributed by atoms with Gasteiger partial charge in [0.15, 0.2) is 0 Å². The van der Waals surface area contributed by atoms with E-state index in [1.165, 1.54) is 5.56 Å². The fourth-order valence-electron chi connectivity index (χ4n) is 3.01. The lowest BCUT2D eigenvalue weighted by atomic mass is 10.2. The minimum atomic E-state index is -0.130. The van der Waals surface area contributed by atoms with E-state index in [-0.39, 0.29) is 6.03 Å². The van der Waals surface area contributed by atoms with E-state index in [9.17, 15) is 4.79 Å². The van der Waals surface area contributed by atoms with Crippen LogP contribution in [0.1, 0.15) is 5.56 Å². The van der Waals surface area contributed by atoms with Crippen molar-refractivity contribution in [3.05, 3.63) is 65.2 Å². The largest absolute Gasteiger partial charge is 0.495 e. The Labute approximate surface area is 165 Å². The number of halogens is 1. The van der Waals surface area contributed by atoms with Crippen LogP contribution in [0.2, 0.25) is 5.02 Å². The molecule has 3 rings (SSSR count). The summed E-state index contributed by atoms with van der Waals surface area (Å²) in [5.41, 5.74) is 1.79. The summed E-state index contributed by atoms with van der Waals surface area (Å²) in [5.74, 6) is 0.595. The molecule has 1 heterocycles. The van der Waals surface area contributed by atoms with E-state index in [1.807, 2.05) is 23.1 Å². The van der Waals surface area contributed by atoms with Crippen LogP contribution in [0.4, 0.5) is 10.5 Å². The maximum absolute atomic E-state index is 12.5. The lowest BCUT2D eigenvalue weighted by molar-refractivity contribution is 0.156. The zero-order valence-electron chi connectivity index (χ0n) is 15.4. The second-order valence-corrected chi connectivity index (χ2v) is 6.81. The number of piperazine rings is 1. The van der Waals surface area contributed by atoms with Gasteiger partial charge in [0.05, 0.1) is 12.8 Å². The zero-order valence-corrected chi connectivity index (χ0v) is 16.2. The average Bonchev–Trinajstić information content (AvgIpc) is 2.69. The SMILES string of the molecule is COc1ccc(Cl)cc1NC(=O)N1CCN(CC=Cc2ccccc2)CC1. The predicted molar refractivity (Wildman–Crippen MR) is 111 cm³/mol. The summed E-state index contributed by atoms with van der Waals surface area (Å²) in [5, 5.41) is 3.45. The Hall–Kier alpha value is -2.50. The van der Waals surface area contributed by atoms with Gasteiger partial charge < -0.3 is 15.0 Å². The van der Waals surface area contributed by atoms with Crippen LogP contribution < -0.4 is 10.1 Å². The molecule has 142 valence electrons. The molecule has 2 amide bonds. The summed E-state index contributed by atoms with van der Waals surface area (Å²) in [6.45, 7) is 3.95. The highest BCUT2D eigenvalue weighted by molar-refractivity contribution is 6.31. The second kappa shape index (κ2) is 9.44. The van der Waals surface area contributed by atoms with Crippen molar-refractivity contribution in [1.82, 2.24) is 9.80 Å². The third-order valence-electron chi connectivity index (χ3n) is 4.54. The molecule has 0 spiro atoms. The Morgan fingerprint density at radius 2 is 1.89 bits per heavy atom. The molecule has 0 unspecified atom stereocenters. The van der Waals surface area contributed by atoms with E-state index in [1.54, 1.807) is 25.3 Å². The first kappa shape index (κ1) is 19.3.